The fourth-order valence-corrected chi connectivity index (χ4v) is 3.44. The number of likely N-dealkylation sites (tertiary alicyclic amines) is 1. The van der Waals surface area contributed by atoms with E-state index in [0.29, 0.717) is 12.6 Å². The Kier molecular flexibility index (Phi) is 5.94. The van der Waals surface area contributed by atoms with Gasteiger partial charge in [0.05, 0.1) is 6.42 Å². The lowest BCUT2D eigenvalue weighted by Crippen LogP contribution is -2.47. The van der Waals surface area contributed by atoms with E-state index < -0.39 is 12.6 Å². The standard InChI is InChI=1S/C15H26F3N3O/c1-2-20(10-8-15(16,17)18)14(22)19-12-7-9-21(11-12)13-5-3-4-6-13/h12-13H,2-11H2,1H3,(H,19,22)/t12-/m1/s1. The van der Waals surface area contributed by atoms with Crippen LogP contribution >= 0.6 is 0 Å². The smallest absolute Gasteiger partial charge is 0.334 e. The van der Waals surface area contributed by atoms with Crippen molar-refractivity contribution in [2.75, 3.05) is 26.2 Å². The molecular formula is C15H26F3N3O. The van der Waals surface area contributed by atoms with E-state index in [2.05, 4.69) is 10.2 Å². The summed E-state index contributed by atoms with van der Waals surface area (Å²) in [6.45, 7) is 3.53. The van der Waals surface area contributed by atoms with Crippen molar-refractivity contribution in [2.24, 2.45) is 0 Å². The number of rotatable bonds is 5. The molecule has 2 rings (SSSR count). The predicted octanol–water partition coefficient (Wildman–Crippen LogP) is 2.99. The van der Waals surface area contributed by atoms with Gasteiger partial charge in [0.15, 0.2) is 0 Å². The summed E-state index contributed by atoms with van der Waals surface area (Å²) in [5.74, 6) is 0. The lowest BCUT2D eigenvalue weighted by molar-refractivity contribution is -0.136. The van der Waals surface area contributed by atoms with Gasteiger partial charge in [-0.15, -0.1) is 0 Å². The van der Waals surface area contributed by atoms with Crippen molar-refractivity contribution < 1.29 is 18.0 Å². The minimum absolute atomic E-state index is 0.0630. The van der Waals surface area contributed by atoms with Gasteiger partial charge in [-0.2, -0.15) is 13.2 Å². The molecule has 1 atom stereocenters. The Hall–Kier alpha value is -0.980. The first-order chi connectivity index (χ1) is 10.4. The zero-order valence-corrected chi connectivity index (χ0v) is 13.2. The van der Waals surface area contributed by atoms with Crippen LogP contribution in [0.15, 0.2) is 0 Å². The van der Waals surface area contributed by atoms with E-state index in [9.17, 15) is 18.0 Å². The summed E-state index contributed by atoms with van der Waals surface area (Å²) < 4.78 is 36.8. The summed E-state index contributed by atoms with van der Waals surface area (Å²) in [5.41, 5.74) is 0. The van der Waals surface area contributed by atoms with Crippen molar-refractivity contribution in [3.8, 4) is 0 Å². The Morgan fingerprint density at radius 2 is 1.95 bits per heavy atom. The van der Waals surface area contributed by atoms with Gasteiger partial charge in [0.1, 0.15) is 0 Å². The minimum Gasteiger partial charge on any atom is -0.334 e. The molecule has 4 nitrogen and oxygen atoms in total. The van der Waals surface area contributed by atoms with Gasteiger partial charge in [-0.1, -0.05) is 12.8 Å². The maximum absolute atomic E-state index is 12.3. The van der Waals surface area contributed by atoms with Gasteiger partial charge >= 0.3 is 12.2 Å². The maximum atomic E-state index is 12.3. The molecule has 0 spiro atoms. The molecule has 22 heavy (non-hydrogen) atoms. The molecule has 2 aliphatic rings. The van der Waals surface area contributed by atoms with Gasteiger partial charge in [-0.25, -0.2) is 4.79 Å². The fraction of sp³-hybridized carbons (Fsp3) is 0.933. The summed E-state index contributed by atoms with van der Waals surface area (Å²) >= 11 is 0. The molecule has 1 heterocycles. The molecule has 7 heteroatoms. The third kappa shape index (κ3) is 5.04. The van der Waals surface area contributed by atoms with Crippen LogP contribution < -0.4 is 5.32 Å². The zero-order valence-electron chi connectivity index (χ0n) is 13.2. The van der Waals surface area contributed by atoms with Crippen molar-refractivity contribution in [3.63, 3.8) is 0 Å². The first kappa shape index (κ1) is 17.4. The van der Waals surface area contributed by atoms with Gasteiger partial charge in [0, 0.05) is 38.3 Å². The number of hydrogen-bond acceptors (Lipinski definition) is 2. The van der Waals surface area contributed by atoms with E-state index >= 15 is 0 Å². The molecule has 0 aromatic heterocycles. The molecule has 2 amide bonds. The van der Waals surface area contributed by atoms with Crippen LogP contribution in [0.3, 0.4) is 0 Å². The van der Waals surface area contributed by atoms with Gasteiger partial charge in [0.2, 0.25) is 0 Å². The normalized spacial score (nSPS) is 23.9. The molecule has 0 radical (unpaired) electrons. The second-order valence-corrected chi connectivity index (χ2v) is 6.31. The Labute approximate surface area is 130 Å². The van der Waals surface area contributed by atoms with Crippen molar-refractivity contribution in [3.05, 3.63) is 0 Å². The largest absolute Gasteiger partial charge is 0.390 e. The first-order valence-corrected chi connectivity index (χ1v) is 8.25. The highest BCUT2D eigenvalue weighted by molar-refractivity contribution is 5.74. The summed E-state index contributed by atoms with van der Waals surface area (Å²) in [7, 11) is 0. The van der Waals surface area contributed by atoms with E-state index in [1.165, 1.54) is 30.6 Å². The fourth-order valence-electron chi connectivity index (χ4n) is 3.44. The van der Waals surface area contributed by atoms with E-state index in [1.807, 2.05) is 0 Å². The topological polar surface area (TPSA) is 35.6 Å². The molecule has 0 unspecified atom stereocenters. The van der Waals surface area contributed by atoms with Gasteiger partial charge in [-0.3, -0.25) is 4.90 Å². The summed E-state index contributed by atoms with van der Waals surface area (Å²) in [6, 6.07) is 0.326. The Morgan fingerprint density at radius 3 is 2.55 bits per heavy atom. The number of carbonyl (C=O) groups excluding carboxylic acids is 1. The number of halogens is 3. The summed E-state index contributed by atoms with van der Waals surface area (Å²) in [4.78, 5) is 15.8. The Morgan fingerprint density at radius 1 is 1.27 bits per heavy atom. The van der Waals surface area contributed by atoms with E-state index in [1.54, 1.807) is 6.92 Å². The highest BCUT2D eigenvalue weighted by atomic mass is 19.4. The third-order valence-electron chi connectivity index (χ3n) is 4.72. The number of urea groups is 1. The van der Waals surface area contributed by atoms with Crippen molar-refractivity contribution >= 4 is 6.03 Å². The SMILES string of the molecule is CCN(CCC(F)(F)F)C(=O)N[C@@H]1CCN(C2CCCC2)C1. The molecule has 0 aromatic rings. The van der Waals surface area contributed by atoms with E-state index in [0.717, 1.165) is 19.5 Å². The lowest BCUT2D eigenvalue weighted by atomic mass is 10.2. The van der Waals surface area contributed by atoms with E-state index in [4.69, 9.17) is 0 Å². The molecule has 0 bridgehead atoms. The van der Waals surface area contributed by atoms with Crippen LogP contribution in [0.2, 0.25) is 0 Å². The third-order valence-corrected chi connectivity index (χ3v) is 4.72. The molecule has 1 aliphatic heterocycles. The van der Waals surface area contributed by atoms with Crippen LogP contribution in [0.1, 0.15) is 45.4 Å². The summed E-state index contributed by atoms with van der Waals surface area (Å²) in [5, 5.41) is 2.90. The molecular weight excluding hydrogens is 295 g/mol. The quantitative estimate of drug-likeness (QED) is 0.845. The number of amides is 2. The molecule has 2 fully saturated rings. The summed E-state index contributed by atoms with van der Waals surface area (Å²) in [6.07, 6.45) is 0.728. The highest BCUT2D eigenvalue weighted by Crippen LogP contribution is 2.26. The van der Waals surface area contributed by atoms with Crippen molar-refractivity contribution in [1.82, 2.24) is 15.1 Å². The number of alkyl halides is 3. The second-order valence-electron chi connectivity index (χ2n) is 6.31. The predicted molar refractivity (Wildman–Crippen MR) is 78.7 cm³/mol. The Balaban J connectivity index is 1.75. The van der Waals surface area contributed by atoms with Crippen LogP contribution in [0.5, 0.6) is 0 Å². The van der Waals surface area contributed by atoms with Crippen molar-refractivity contribution in [1.29, 1.82) is 0 Å². The first-order valence-electron chi connectivity index (χ1n) is 8.25. The van der Waals surface area contributed by atoms with Crippen molar-refractivity contribution in [2.45, 2.75) is 63.7 Å². The van der Waals surface area contributed by atoms with Crippen LogP contribution in [-0.2, 0) is 0 Å². The molecule has 0 aromatic carbocycles. The van der Waals surface area contributed by atoms with Gasteiger partial charge < -0.3 is 10.2 Å². The van der Waals surface area contributed by atoms with E-state index in [-0.39, 0.29) is 18.6 Å². The molecule has 1 N–H and O–H groups in total. The maximum Gasteiger partial charge on any atom is 0.390 e. The minimum atomic E-state index is -4.22. The lowest BCUT2D eigenvalue weighted by Gasteiger charge is -2.26. The molecule has 1 saturated carbocycles. The highest BCUT2D eigenvalue weighted by Gasteiger charge is 2.32. The number of hydrogen-bond donors (Lipinski definition) is 1. The number of nitrogens with one attached hydrogen (secondary N) is 1. The van der Waals surface area contributed by atoms with Crippen LogP contribution in [0.4, 0.5) is 18.0 Å². The van der Waals surface area contributed by atoms with Gasteiger partial charge in [0.25, 0.3) is 0 Å². The number of carbonyl (C=O) groups is 1. The van der Waals surface area contributed by atoms with Crippen LogP contribution in [0.25, 0.3) is 0 Å². The average molecular weight is 321 g/mol. The zero-order chi connectivity index (χ0) is 16.2. The average Bonchev–Trinajstić information content (AvgIpc) is 3.08. The molecule has 1 saturated heterocycles. The van der Waals surface area contributed by atoms with Crippen LogP contribution in [-0.4, -0.2) is 60.3 Å². The molecule has 1 aliphatic carbocycles. The monoisotopic (exact) mass is 321 g/mol. The molecule has 128 valence electrons. The van der Waals surface area contributed by atoms with Gasteiger partial charge in [-0.05, 0) is 26.2 Å². The Bertz CT molecular complexity index is 370. The number of nitrogens with zero attached hydrogens (tertiary/aromatic N) is 2. The van der Waals surface area contributed by atoms with Crippen LogP contribution in [0, 0.1) is 0 Å². The second kappa shape index (κ2) is 7.53.